The molecule has 2 heterocycles. The number of nitrogens with one attached hydrogen (secondary N) is 1. The number of carbonyl (C=O) groups is 1. The van der Waals surface area contributed by atoms with Gasteiger partial charge in [0.25, 0.3) is 5.91 Å². The second-order valence-corrected chi connectivity index (χ2v) is 4.57. The van der Waals surface area contributed by atoms with Crippen molar-refractivity contribution in [1.29, 1.82) is 0 Å². The van der Waals surface area contributed by atoms with Gasteiger partial charge in [0.05, 0.1) is 0 Å². The van der Waals surface area contributed by atoms with Gasteiger partial charge in [-0.05, 0) is 30.9 Å². The summed E-state index contributed by atoms with van der Waals surface area (Å²) in [6, 6.07) is 3.21. The molecule has 0 spiro atoms. The molecule has 1 unspecified atom stereocenters. The van der Waals surface area contributed by atoms with E-state index in [2.05, 4.69) is 10.3 Å². The number of amides is 1. The predicted molar refractivity (Wildman–Crippen MR) is 65.1 cm³/mol. The third-order valence-electron chi connectivity index (χ3n) is 2.82. The Labute approximate surface area is 105 Å². The van der Waals surface area contributed by atoms with Gasteiger partial charge < -0.3 is 10.1 Å². The molecule has 1 aromatic heterocycles. The summed E-state index contributed by atoms with van der Waals surface area (Å²) in [5.74, 6) is 0.397. The first kappa shape index (κ1) is 12.3. The van der Waals surface area contributed by atoms with Crippen LogP contribution in [0.4, 0.5) is 0 Å². The molecule has 1 N–H and O–H groups in total. The fourth-order valence-electron chi connectivity index (χ4n) is 1.82. The molecule has 0 bridgehead atoms. The molecule has 2 rings (SSSR count). The average Bonchev–Trinajstić information content (AvgIpc) is 2.82. The van der Waals surface area contributed by atoms with E-state index in [1.807, 2.05) is 0 Å². The van der Waals surface area contributed by atoms with Gasteiger partial charge in [0, 0.05) is 31.0 Å². The molecule has 17 heavy (non-hydrogen) atoms. The Morgan fingerprint density at radius 3 is 3.24 bits per heavy atom. The van der Waals surface area contributed by atoms with Crippen molar-refractivity contribution in [2.45, 2.75) is 12.8 Å². The highest BCUT2D eigenvalue weighted by Crippen LogP contribution is 2.15. The van der Waals surface area contributed by atoms with Gasteiger partial charge in [-0.15, -0.1) is 0 Å². The molecule has 0 saturated carbocycles. The number of hydrogen-bond donors (Lipinski definition) is 1. The van der Waals surface area contributed by atoms with Crippen molar-refractivity contribution in [3.05, 3.63) is 29.0 Å². The molecular formula is C12H15ClN2O2. The SMILES string of the molecule is O=C(NCCC1CCOC1)c1cc(Cl)ccn1. The second-order valence-electron chi connectivity index (χ2n) is 4.13. The maximum atomic E-state index is 11.7. The van der Waals surface area contributed by atoms with Crippen LogP contribution >= 0.6 is 11.6 Å². The first-order valence-corrected chi connectivity index (χ1v) is 6.11. The van der Waals surface area contributed by atoms with Gasteiger partial charge >= 0.3 is 0 Å². The molecule has 1 fully saturated rings. The summed E-state index contributed by atoms with van der Waals surface area (Å²) in [7, 11) is 0. The molecule has 4 nitrogen and oxygen atoms in total. The number of nitrogens with zero attached hydrogens (tertiary/aromatic N) is 1. The quantitative estimate of drug-likeness (QED) is 0.893. The normalized spacial score (nSPS) is 19.2. The van der Waals surface area contributed by atoms with Crippen LogP contribution in [0, 0.1) is 5.92 Å². The highest BCUT2D eigenvalue weighted by atomic mass is 35.5. The maximum Gasteiger partial charge on any atom is 0.269 e. The second kappa shape index (κ2) is 5.98. The van der Waals surface area contributed by atoms with Crippen molar-refractivity contribution < 1.29 is 9.53 Å². The van der Waals surface area contributed by atoms with Crippen LogP contribution < -0.4 is 5.32 Å². The van der Waals surface area contributed by atoms with Crippen molar-refractivity contribution >= 4 is 17.5 Å². The smallest absolute Gasteiger partial charge is 0.269 e. The van der Waals surface area contributed by atoms with Gasteiger partial charge in [0.2, 0.25) is 0 Å². The minimum Gasteiger partial charge on any atom is -0.381 e. The number of pyridine rings is 1. The number of carbonyl (C=O) groups excluding carboxylic acids is 1. The summed E-state index contributed by atoms with van der Waals surface area (Å²) < 4.78 is 5.27. The van der Waals surface area contributed by atoms with E-state index in [4.69, 9.17) is 16.3 Å². The minimum absolute atomic E-state index is 0.175. The molecule has 1 aliphatic heterocycles. The third kappa shape index (κ3) is 3.68. The van der Waals surface area contributed by atoms with Crippen LogP contribution in [0.2, 0.25) is 5.02 Å². The number of ether oxygens (including phenoxy) is 1. The van der Waals surface area contributed by atoms with E-state index in [1.165, 1.54) is 6.20 Å². The van der Waals surface area contributed by atoms with Gasteiger partial charge in [-0.2, -0.15) is 0 Å². The van der Waals surface area contributed by atoms with E-state index < -0.39 is 0 Å². The van der Waals surface area contributed by atoms with Gasteiger partial charge in [-0.3, -0.25) is 9.78 Å². The molecule has 0 aromatic carbocycles. The van der Waals surface area contributed by atoms with Crippen LogP contribution in [-0.2, 0) is 4.74 Å². The zero-order chi connectivity index (χ0) is 12.1. The topological polar surface area (TPSA) is 51.2 Å². The lowest BCUT2D eigenvalue weighted by Crippen LogP contribution is -2.26. The number of aromatic nitrogens is 1. The van der Waals surface area contributed by atoms with E-state index in [-0.39, 0.29) is 5.91 Å². The van der Waals surface area contributed by atoms with Crippen molar-refractivity contribution in [3.8, 4) is 0 Å². The Bertz CT molecular complexity index is 392. The van der Waals surface area contributed by atoms with Crippen LogP contribution in [0.25, 0.3) is 0 Å². The van der Waals surface area contributed by atoms with E-state index in [1.54, 1.807) is 12.1 Å². The molecule has 0 aliphatic carbocycles. The highest BCUT2D eigenvalue weighted by molar-refractivity contribution is 6.30. The zero-order valence-electron chi connectivity index (χ0n) is 9.49. The van der Waals surface area contributed by atoms with Crippen LogP contribution in [0.1, 0.15) is 23.3 Å². The number of hydrogen-bond acceptors (Lipinski definition) is 3. The first-order valence-electron chi connectivity index (χ1n) is 5.73. The van der Waals surface area contributed by atoms with Crippen molar-refractivity contribution in [2.24, 2.45) is 5.92 Å². The van der Waals surface area contributed by atoms with Crippen LogP contribution in [0.3, 0.4) is 0 Å². The van der Waals surface area contributed by atoms with E-state index in [9.17, 15) is 4.79 Å². The summed E-state index contributed by atoms with van der Waals surface area (Å²) in [6.07, 6.45) is 3.57. The highest BCUT2D eigenvalue weighted by Gasteiger charge is 2.15. The van der Waals surface area contributed by atoms with Gasteiger partial charge in [-0.25, -0.2) is 0 Å². The van der Waals surface area contributed by atoms with E-state index >= 15 is 0 Å². The number of rotatable bonds is 4. The minimum atomic E-state index is -0.175. The van der Waals surface area contributed by atoms with Crippen molar-refractivity contribution in [1.82, 2.24) is 10.3 Å². The summed E-state index contributed by atoms with van der Waals surface area (Å²) >= 11 is 5.79. The molecule has 1 saturated heterocycles. The number of halogens is 1. The van der Waals surface area contributed by atoms with Gasteiger partial charge in [-0.1, -0.05) is 11.6 Å². The fraction of sp³-hybridized carbons (Fsp3) is 0.500. The predicted octanol–water partition coefficient (Wildman–Crippen LogP) is 1.89. The average molecular weight is 255 g/mol. The summed E-state index contributed by atoms with van der Waals surface area (Å²) in [5.41, 5.74) is 0.361. The molecular weight excluding hydrogens is 240 g/mol. The van der Waals surface area contributed by atoms with Gasteiger partial charge in [0.15, 0.2) is 0 Å². The van der Waals surface area contributed by atoms with E-state index in [0.717, 1.165) is 26.1 Å². The summed E-state index contributed by atoms with van der Waals surface area (Å²) in [6.45, 7) is 2.31. The maximum absolute atomic E-state index is 11.7. The van der Waals surface area contributed by atoms with Crippen LogP contribution in [-0.4, -0.2) is 30.6 Å². The standard InChI is InChI=1S/C12H15ClN2O2/c13-10-2-5-14-11(7-10)12(16)15-4-1-9-3-6-17-8-9/h2,5,7,9H,1,3-4,6,8H2,(H,15,16). The Hall–Kier alpha value is -1.13. The summed E-state index contributed by atoms with van der Waals surface area (Å²) in [4.78, 5) is 15.7. The van der Waals surface area contributed by atoms with E-state index in [0.29, 0.717) is 23.2 Å². The first-order chi connectivity index (χ1) is 8.25. The molecule has 5 heteroatoms. The van der Waals surface area contributed by atoms with Gasteiger partial charge in [0.1, 0.15) is 5.69 Å². The molecule has 1 aliphatic rings. The lowest BCUT2D eigenvalue weighted by molar-refractivity contribution is 0.0945. The lowest BCUT2D eigenvalue weighted by atomic mass is 10.1. The Balaban J connectivity index is 1.77. The Morgan fingerprint density at radius 2 is 2.53 bits per heavy atom. The Kier molecular flexibility index (Phi) is 4.34. The third-order valence-corrected chi connectivity index (χ3v) is 3.05. The fourth-order valence-corrected chi connectivity index (χ4v) is 1.98. The molecule has 1 amide bonds. The zero-order valence-corrected chi connectivity index (χ0v) is 10.2. The van der Waals surface area contributed by atoms with Crippen molar-refractivity contribution in [2.75, 3.05) is 19.8 Å². The Morgan fingerprint density at radius 1 is 1.65 bits per heavy atom. The molecule has 1 aromatic rings. The molecule has 92 valence electrons. The van der Waals surface area contributed by atoms with Crippen molar-refractivity contribution in [3.63, 3.8) is 0 Å². The lowest BCUT2D eigenvalue weighted by Gasteiger charge is -2.08. The monoisotopic (exact) mass is 254 g/mol. The molecule has 1 atom stereocenters. The van der Waals surface area contributed by atoms with Crippen LogP contribution in [0.5, 0.6) is 0 Å². The summed E-state index contributed by atoms with van der Waals surface area (Å²) in [5, 5.41) is 3.36. The van der Waals surface area contributed by atoms with Crippen LogP contribution in [0.15, 0.2) is 18.3 Å². The largest absolute Gasteiger partial charge is 0.381 e. The molecule has 0 radical (unpaired) electrons.